The first-order valence-electron chi connectivity index (χ1n) is 6.60. The molecule has 0 saturated heterocycles. The largest absolute Gasteiger partial charge is 0.342 e. The van der Waals surface area contributed by atoms with Gasteiger partial charge >= 0.3 is 0 Å². The molecule has 0 heterocycles. The molecule has 0 aliphatic heterocycles. The van der Waals surface area contributed by atoms with Crippen molar-refractivity contribution in [3.8, 4) is 0 Å². The van der Waals surface area contributed by atoms with E-state index in [9.17, 15) is 9.59 Å². The van der Waals surface area contributed by atoms with Crippen LogP contribution in [-0.4, -0.2) is 30.2 Å². The lowest BCUT2D eigenvalue weighted by Gasteiger charge is -2.15. The number of amides is 1. The Morgan fingerprint density at radius 3 is 2.33 bits per heavy atom. The van der Waals surface area contributed by atoms with Crippen molar-refractivity contribution in [2.24, 2.45) is 5.92 Å². The van der Waals surface area contributed by atoms with Crippen LogP contribution in [0.2, 0.25) is 0 Å². The molecular weight excluding hydrogens is 226 g/mol. The second kappa shape index (κ2) is 9.63. The minimum absolute atomic E-state index is 0.0386. The number of hydrogen-bond donors (Lipinski definition) is 0. The van der Waals surface area contributed by atoms with E-state index >= 15 is 0 Å². The molecule has 0 saturated carbocycles. The lowest BCUT2D eigenvalue weighted by Crippen LogP contribution is -2.25. The van der Waals surface area contributed by atoms with Crippen molar-refractivity contribution in [3.05, 3.63) is 25.3 Å². The first-order valence-corrected chi connectivity index (χ1v) is 6.60. The fourth-order valence-corrected chi connectivity index (χ4v) is 1.90. The molecule has 0 rings (SSSR count). The molecule has 0 aromatic carbocycles. The van der Waals surface area contributed by atoms with Crippen molar-refractivity contribution in [1.29, 1.82) is 0 Å². The highest BCUT2D eigenvalue weighted by Gasteiger charge is 2.12. The molecule has 0 bridgehead atoms. The van der Waals surface area contributed by atoms with Crippen LogP contribution < -0.4 is 0 Å². The number of likely N-dealkylation sites (N-methyl/N-ethyl adjacent to an activating group) is 1. The lowest BCUT2D eigenvalue weighted by atomic mass is 9.94. The van der Waals surface area contributed by atoms with Crippen LogP contribution in [0.3, 0.4) is 0 Å². The van der Waals surface area contributed by atoms with Gasteiger partial charge in [0.1, 0.15) is 0 Å². The number of carbonyl (C=O) groups is 2. The van der Waals surface area contributed by atoms with Gasteiger partial charge in [0.05, 0.1) is 0 Å². The van der Waals surface area contributed by atoms with Crippen LogP contribution in [0.25, 0.3) is 0 Å². The summed E-state index contributed by atoms with van der Waals surface area (Å²) < 4.78 is 0. The summed E-state index contributed by atoms with van der Waals surface area (Å²) in [6.45, 7) is 9.75. The molecule has 3 heteroatoms. The zero-order chi connectivity index (χ0) is 14.0. The number of nitrogens with zero attached hydrogens (tertiary/aromatic N) is 1. The second-order valence-corrected chi connectivity index (χ2v) is 4.52. The van der Waals surface area contributed by atoms with Crippen LogP contribution in [0.15, 0.2) is 25.3 Å². The van der Waals surface area contributed by atoms with Gasteiger partial charge in [-0.1, -0.05) is 32.9 Å². The Morgan fingerprint density at radius 1 is 1.17 bits per heavy atom. The van der Waals surface area contributed by atoms with Crippen molar-refractivity contribution >= 4 is 11.7 Å². The van der Waals surface area contributed by atoms with Gasteiger partial charge < -0.3 is 4.90 Å². The third kappa shape index (κ3) is 6.38. The summed E-state index contributed by atoms with van der Waals surface area (Å²) in [6.07, 6.45) is 7.57. The van der Waals surface area contributed by atoms with Crippen LogP contribution in [0.5, 0.6) is 0 Å². The smallest absolute Gasteiger partial charge is 0.245 e. The van der Waals surface area contributed by atoms with E-state index in [1.165, 1.54) is 12.2 Å². The molecule has 1 amide bonds. The first kappa shape index (κ1) is 16.6. The Morgan fingerprint density at radius 2 is 1.83 bits per heavy atom. The zero-order valence-electron chi connectivity index (χ0n) is 11.7. The van der Waals surface area contributed by atoms with E-state index in [-0.39, 0.29) is 17.6 Å². The number of hydrogen-bond acceptors (Lipinski definition) is 2. The van der Waals surface area contributed by atoms with E-state index in [1.54, 1.807) is 11.9 Å². The third-order valence-electron chi connectivity index (χ3n) is 3.19. The molecule has 0 aromatic rings. The van der Waals surface area contributed by atoms with Gasteiger partial charge in [-0.3, -0.25) is 9.59 Å². The SMILES string of the molecule is C=CC(=O)C(CC)CCCCCN(C)C(=O)C=C. The van der Waals surface area contributed by atoms with Crippen LogP contribution in [0.1, 0.15) is 39.0 Å². The predicted octanol–water partition coefficient (Wildman–Crippen LogP) is 2.97. The molecule has 18 heavy (non-hydrogen) atoms. The molecule has 3 nitrogen and oxygen atoms in total. The number of allylic oxidation sites excluding steroid dienone is 1. The molecule has 0 aliphatic rings. The number of carbonyl (C=O) groups excluding carboxylic acids is 2. The highest BCUT2D eigenvalue weighted by Crippen LogP contribution is 2.15. The quantitative estimate of drug-likeness (QED) is 0.442. The van der Waals surface area contributed by atoms with Crippen molar-refractivity contribution < 1.29 is 9.59 Å². The van der Waals surface area contributed by atoms with E-state index in [2.05, 4.69) is 13.2 Å². The molecule has 0 aliphatic carbocycles. The summed E-state index contributed by atoms with van der Waals surface area (Å²) >= 11 is 0. The van der Waals surface area contributed by atoms with Gasteiger partial charge in [-0.25, -0.2) is 0 Å². The Kier molecular flexibility index (Phi) is 8.89. The number of rotatable bonds is 10. The maximum atomic E-state index is 11.5. The van der Waals surface area contributed by atoms with Crippen LogP contribution in [0.4, 0.5) is 0 Å². The Balaban J connectivity index is 3.73. The molecule has 0 N–H and O–H groups in total. The topological polar surface area (TPSA) is 37.4 Å². The number of unbranched alkanes of at least 4 members (excludes halogenated alkanes) is 2. The molecule has 0 aromatic heterocycles. The van der Waals surface area contributed by atoms with Crippen molar-refractivity contribution in [1.82, 2.24) is 4.90 Å². The molecule has 1 unspecified atom stereocenters. The molecule has 0 radical (unpaired) electrons. The van der Waals surface area contributed by atoms with Gasteiger partial charge in [0.2, 0.25) is 5.91 Å². The summed E-state index contributed by atoms with van der Waals surface area (Å²) in [5.74, 6) is 0.231. The van der Waals surface area contributed by atoms with Gasteiger partial charge in [0, 0.05) is 19.5 Å². The summed E-state index contributed by atoms with van der Waals surface area (Å²) in [7, 11) is 1.78. The average Bonchev–Trinajstić information content (AvgIpc) is 2.40. The monoisotopic (exact) mass is 251 g/mol. The molecule has 1 atom stereocenters. The molecular formula is C15H25NO2. The van der Waals surface area contributed by atoms with Crippen molar-refractivity contribution in [2.45, 2.75) is 39.0 Å². The fourth-order valence-electron chi connectivity index (χ4n) is 1.90. The minimum atomic E-state index is -0.0386. The fraction of sp³-hybridized carbons (Fsp3) is 0.600. The maximum absolute atomic E-state index is 11.5. The second-order valence-electron chi connectivity index (χ2n) is 4.52. The van der Waals surface area contributed by atoms with E-state index in [4.69, 9.17) is 0 Å². The zero-order valence-corrected chi connectivity index (χ0v) is 11.7. The maximum Gasteiger partial charge on any atom is 0.245 e. The van der Waals surface area contributed by atoms with Crippen LogP contribution >= 0.6 is 0 Å². The third-order valence-corrected chi connectivity index (χ3v) is 3.19. The first-order chi connectivity index (χ1) is 8.56. The standard InChI is InChI=1S/C15H25NO2/c1-5-13(14(17)6-2)11-9-8-10-12-16(4)15(18)7-3/h6-7,13H,2-3,5,8-12H2,1,4H3. The predicted molar refractivity (Wildman–Crippen MR) is 75.3 cm³/mol. The van der Waals surface area contributed by atoms with Gasteiger partial charge in [0.15, 0.2) is 5.78 Å². The highest BCUT2D eigenvalue weighted by molar-refractivity contribution is 5.91. The van der Waals surface area contributed by atoms with Crippen LogP contribution in [-0.2, 0) is 9.59 Å². The van der Waals surface area contributed by atoms with E-state index < -0.39 is 0 Å². The summed E-state index contributed by atoms with van der Waals surface area (Å²) in [5, 5.41) is 0. The molecule has 0 spiro atoms. The summed E-state index contributed by atoms with van der Waals surface area (Å²) in [6, 6.07) is 0. The van der Waals surface area contributed by atoms with E-state index in [0.29, 0.717) is 0 Å². The van der Waals surface area contributed by atoms with Gasteiger partial charge in [0.25, 0.3) is 0 Å². The summed E-state index contributed by atoms with van der Waals surface area (Å²) in [4.78, 5) is 24.3. The lowest BCUT2D eigenvalue weighted by molar-refractivity contribution is -0.124. The Hall–Kier alpha value is -1.38. The average molecular weight is 251 g/mol. The minimum Gasteiger partial charge on any atom is -0.342 e. The normalized spacial score (nSPS) is 11.7. The van der Waals surface area contributed by atoms with Gasteiger partial charge in [-0.2, -0.15) is 0 Å². The molecule has 102 valence electrons. The van der Waals surface area contributed by atoms with Gasteiger partial charge in [-0.05, 0) is 31.4 Å². The summed E-state index contributed by atoms with van der Waals surface area (Å²) in [5.41, 5.74) is 0. The van der Waals surface area contributed by atoms with Crippen molar-refractivity contribution in [2.75, 3.05) is 13.6 Å². The molecule has 0 fully saturated rings. The number of ketones is 1. The van der Waals surface area contributed by atoms with E-state index in [1.807, 2.05) is 6.92 Å². The Bertz CT molecular complexity index is 297. The highest BCUT2D eigenvalue weighted by atomic mass is 16.2. The van der Waals surface area contributed by atoms with Gasteiger partial charge in [-0.15, -0.1) is 0 Å². The van der Waals surface area contributed by atoms with Crippen molar-refractivity contribution in [3.63, 3.8) is 0 Å². The van der Waals surface area contributed by atoms with E-state index in [0.717, 1.165) is 38.6 Å². The van der Waals surface area contributed by atoms with Crippen LogP contribution in [0, 0.1) is 5.92 Å². The Labute approximate surface area is 111 Å².